The Labute approximate surface area is 89.8 Å². The number of pyridine rings is 1. The van der Waals surface area contributed by atoms with E-state index in [9.17, 15) is 4.79 Å². The summed E-state index contributed by atoms with van der Waals surface area (Å²) in [6.07, 6.45) is 1.91. The zero-order valence-corrected chi connectivity index (χ0v) is 9.62. The molecule has 0 amide bonds. The summed E-state index contributed by atoms with van der Waals surface area (Å²) in [5.74, 6) is 1.78. The number of carbonyl (C=O) groups excluding carboxylic acids is 1. The van der Waals surface area contributed by atoms with E-state index in [0.29, 0.717) is 12.0 Å². The molecule has 0 saturated heterocycles. The van der Waals surface area contributed by atoms with Crippen molar-refractivity contribution >= 4 is 19.7 Å². The van der Waals surface area contributed by atoms with Gasteiger partial charge in [0, 0.05) is 6.20 Å². The third kappa shape index (κ3) is 1.88. The predicted octanol–water partition coefficient (Wildman–Crippen LogP) is 3.00. The Balaban J connectivity index is 2.49. The van der Waals surface area contributed by atoms with Crippen molar-refractivity contribution in [2.24, 2.45) is 0 Å². The molecule has 2 rings (SSSR count). The molecule has 0 aromatic carbocycles. The molecule has 78 valence electrons. The molecule has 0 N–H and O–H groups in total. The van der Waals surface area contributed by atoms with Crippen molar-refractivity contribution < 1.29 is 9.53 Å². The number of carbonyl (C=O) groups is 1. The molecule has 2 heterocycles. The van der Waals surface area contributed by atoms with Crippen molar-refractivity contribution in [2.75, 3.05) is 6.61 Å². The normalized spacial score (nSPS) is 11.1. The molecule has 0 atom stereocenters. The molecule has 0 aliphatic rings. The van der Waals surface area contributed by atoms with E-state index in [0.717, 1.165) is 13.7 Å². The van der Waals surface area contributed by atoms with Gasteiger partial charge in [-0.3, -0.25) is 0 Å². The van der Waals surface area contributed by atoms with Crippen LogP contribution in [0.15, 0.2) is 24.1 Å². The molecule has 0 fully saturated rings. The largest absolute Gasteiger partial charge is 0.461 e. The summed E-state index contributed by atoms with van der Waals surface area (Å²) >= 11 is 0. The number of hydrogen-bond donors (Lipinski definition) is 0. The number of rotatable bonds is 2. The first kappa shape index (κ1) is 10.2. The second-order valence-corrected chi connectivity index (χ2v) is 4.24. The molecule has 15 heavy (non-hydrogen) atoms. The van der Waals surface area contributed by atoms with Gasteiger partial charge in [0.2, 0.25) is 0 Å². The van der Waals surface area contributed by atoms with Gasteiger partial charge in [0.05, 0.1) is 12.1 Å². The Bertz CT molecular complexity index is 504. The maximum Gasteiger partial charge on any atom is 0.360 e. The summed E-state index contributed by atoms with van der Waals surface area (Å²) in [6, 6.07) is 4.04. The van der Waals surface area contributed by atoms with E-state index in [4.69, 9.17) is 4.74 Å². The number of fused-ring (bicyclic) bond motifs is 1. The van der Waals surface area contributed by atoms with Crippen molar-refractivity contribution in [1.29, 1.82) is 0 Å². The zero-order valence-electron chi connectivity index (χ0n) is 8.73. The Hall–Kier alpha value is -1.34. The standard InChI is InChI=1S/C11H12NO2P/c1-3-14-11(13)10-12-5-4-8(2)6-9(12)7-15-10/h4-7H,3H2,1-2H3. The topological polar surface area (TPSA) is 30.7 Å². The summed E-state index contributed by atoms with van der Waals surface area (Å²) in [6.45, 7) is 4.27. The second-order valence-electron chi connectivity index (χ2n) is 3.30. The molecule has 4 heteroatoms. The van der Waals surface area contributed by atoms with E-state index in [1.54, 1.807) is 0 Å². The van der Waals surface area contributed by atoms with Crippen molar-refractivity contribution in [3.63, 3.8) is 0 Å². The van der Waals surface area contributed by atoms with Crippen molar-refractivity contribution in [2.45, 2.75) is 13.8 Å². The summed E-state index contributed by atoms with van der Waals surface area (Å²) < 4.78 is 6.87. The number of aromatic nitrogens is 1. The van der Waals surface area contributed by atoms with Gasteiger partial charge in [0.25, 0.3) is 0 Å². The molecule has 2 aromatic rings. The van der Waals surface area contributed by atoms with Gasteiger partial charge in [-0.2, -0.15) is 0 Å². The maximum atomic E-state index is 11.6. The van der Waals surface area contributed by atoms with Crippen LogP contribution < -0.4 is 0 Å². The third-order valence-electron chi connectivity index (χ3n) is 2.15. The maximum absolute atomic E-state index is 11.6. The van der Waals surface area contributed by atoms with E-state index in [2.05, 4.69) is 6.07 Å². The van der Waals surface area contributed by atoms with Crippen LogP contribution in [0.2, 0.25) is 0 Å². The highest BCUT2D eigenvalue weighted by molar-refractivity contribution is 7.31. The number of aryl methyl sites for hydroxylation is 1. The van der Waals surface area contributed by atoms with Crippen LogP contribution in [0.4, 0.5) is 0 Å². The summed E-state index contributed by atoms with van der Waals surface area (Å²) in [5.41, 5.74) is 2.92. The number of nitrogens with zero attached hydrogens (tertiary/aromatic N) is 1. The van der Waals surface area contributed by atoms with Gasteiger partial charge in [-0.25, -0.2) is 4.79 Å². The van der Waals surface area contributed by atoms with Crippen LogP contribution in [0.5, 0.6) is 0 Å². The lowest BCUT2D eigenvalue weighted by Gasteiger charge is -2.02. The lowest BCUT2D eigenvalue weighted by Crippen LogP contribution is -2.06. The van der Waals surface area contributed by atoms with Crippen LogP contribution in [0.25, 0.3) is 5.52 Å². The quantitative estimate of drug-likeness (QED) is 0.730. The minimum absolute atomic E-state index is 0.233. The summed E-state index contributed by atoms with van der Waals surface area (Å²) in [7, 11) is 0.906. The number of hydrogen-bond acceptors (Lipinski definition) is 2. The molecule has 2 aromatic heterocycles. The third-order valence-corrected chi connectivity index (χ3v) is 3.18. The van der Waals surface area contributed by atoms with Gasteiger partial charge in [-0.1, -0.05) is 0 Å². The SMILES string of the molecule is CCOC(=O)c1pcc2cc(C)ccn12. The summed E-state index contributed by atoms with van der Waals surface area (Å²) in [5, 5.41) is 0. The number of esters is 1. The first-order valence-electron chi connectivity index (χ1n) is 4.83. The van der Waals surface area contributed by atoms with E-state index < -0.39 is 0 Å². The van der Waals surface area contributed by atoms with Crippen LogP contribution in [-0.4, -0.2) is 17.0 Å². The van der Waals surface area contributed by atoms with Crippen LogP contribution >= 0.6 is 8.19 Å². The van der Waals surface area contributed by atoms with Crippen molar-refractivity contribution in [3.05, 3.63) is 35.1 Å². The van der Waals surface area contributed by atoms with Crippen LogP contribution in [0.1, 0.15) is 22.7 Å². The highest BCUT2D eigenvalue weighted by atomic mass is 31.0. The van der Waals surface area contributed by atoms with Gasteiger partial charge in [0.15, 0.2) is 5.43 Å². The number of ether oxygens (including phenoxy) is 1. The predicted molar refractivity (Wildman–Crippen MR) is 60.6 cm³/mol. The Morgan fingerprint density at radius 3 is 3.13 bits per heavy atom. The fourth-order valence-electron chi connectivity index (χ4n) is 1.46. The highest BCUT2D eigenvalue weighted by Gasteiger charge is 2.11. The van der Waals surface area contributed by atoms with Crippen LogP contribution in [0.3, 0.4) is 0 Å². The van der Waals surface area contributed by atoms with Gasteiger partial charge in [0.1, 0.15) is 0 Å². The smallest absolute Gasteiger partial charge is 0.360 e. The average Bonchev–Trinajstić information content (AvgIpc) is 2.60. The molecule has 3 nitrogen and oxygen atoms in total. The minimum Gasteiger partial charge on any atom is -0.461 e. The molecule has 0 spiro atoms. The molecule has 0 radical (unpaired) electrons. The van der Waals surface area contributed by atoms with E-state index in [1.807, 2.05) is 36.3 Å². The first-order chi connectivity index (χ1) is 7.22. The van der Waals surface area contributed by atoms with Gasteiger partial charge in [-0.05, 0) is 45.5 Å². The fourth-order valence-corrected chi connectivity index (χ4v) is 2.39. The first-order valence-corrected chi connectivity index (χ1v) is 5.79. The van der Waals surface area contributed by atoms with E-state index in [1.165, 1.54) is 5.56 Å². The Morgan fingerprint density at radius 1 is 1.60 bits per heavy atom. The van der Waals surface area contributed by atoms with E-state index in [-0.39, 0.29) is 5.97 Å². The summed E-state index contributed by atoms with van der Waals surface area (Å²) in [4.78, 5) is 11.6. The zero-order chi connectivity index (χ0) is 10.8. The Morgan fingerprint density at radius 2 is 2.40 bits per heavy atom. The lowest BCUT2D eigenvalue weighted by molar-refractivity contribution is 0.0524. The van der Waals surface area contributed by atoms with Crippen molar-refractivity contribution in [3.8, 4) is 0 Å². The average molecular weight is 221 g/mol. The molecular formula is C11H12NO2P. The highest BCUT2D eigenvalue weighted by Crippen LogP contribution is 2.22. The van der Waals surface area contributed by atoms with Crippen LogP contribution in [-0.2, 0) is 4.74 Å². The molecule has 0 aliphatic carbocycles. The molecule has 0 saturated carbocycles. The fraction of sp³-hybridized carbons (Fsp3) is 0.273. The van der Waals surface area contributed by atoms with Crippen LogP contribution in [0, 0.1) is 6.92 Å². The van der Waals surface area contributed by atoms with Gasteiger partial charge in [-0.15, -0.1) is 0 Å². The lowest BCUT2D eigenvalue weighted by atomic mass is 10.3. The van der Waals surface area contributed by atoms with Gasteiger partial charge < -0.3 is 9.14 Å². The Kier molecular flexibility index (Phi) is 2.74. The monoisotopic (exact) mass is 221 g/mol. The second kappa shape index (κ2) is 4.03. The minimum atomic E-state index is -0.233. The van der Waals surface area contributed by atoms with Gasteiger partial charge >= 0.3 is 5.97 Å². The molecule has 0 bridgehead atoms. The molecular weight excluding hydrogens is 209 g/mol. The van der Waals surface area contributed by atoms with E-state index >= 15 is 0 Å². The molecule has 0 aliphatic heterocycles. The molecule has 0 unspecified atom stereocenters. The van der Waals surface area contributed by atoms with Crippen molar-refractivity contribution in [1.82, 2.24) is 4.40 Å².